The number of fused-ring (bicyclic) bond motifs is 2. The summed E-state index contributed by atoms with van der Waals surface area (Å²) in [5.41, 5.74) is 3.93. The lowest BCUT2D eigenvalue weighted by atomic mass is 10.3. The lowest BCUT2D eigenvalue weighted by Crippen LogP contribution is -2.15. The average molecular weight is 390 g/mol. The molecule has 1 amide bonds. The number of hydrogen-bond donors (Lipinski definition) is 1. The minimum absolute atomic E-state index is 0.170. The van der Waals surface area contributed by atoms with Gasteiger partial charge in [0, 0.05) is 11.8 Å². The van der Waals surface area contributed by atoms with Gasteiger partial charge < -0.3 is 5.32 Å². The Morgan fingerprint density at radius 2 is 1.93 bits per heavy atom. The number of anilines is 1. The molecule has 1 aromatic carbocycles. The van der Waals surface area contributed by atoms with Crippen LogP contribution in [0.4, 0.5) is 5.00 Å². The molecule has 132 valence electrons. The van der Waals surface area contributed by atoms with Gasteiger partial charge in [0.05, 0.1) is 15.9 Å². The third-order valence-corrected chi connectivity index (χ3v) is 6.24. The molecule has 0 radical (unpaired) electrons. The molecule has 1 N–H and O–H groups in total. The SMILES string of the molecule is Cc1nc2ccccn2c1C(=O)Nc1sccc1-c1nc2ccccc2s1. The highest BCUT2D eigenvalue weighted by molar-refractivity contribution is 7.22. The zero-order chi connectivity index (χ0) is 18.4. The Bertz CT molecular complexity index is 1260. The summed E-state index contributed by atoms with van der Waals surface area (Å²) in [4.78, 5) is 22.2. The number of para-hydroxylation sites is 1. The first-order chi connectivity index (χ1) is 13.2. The highest BCUT2D eigenvalue weighted by Gasteiger charge is 2.19. The summed E-state index contributed by atoms with van der Waals surface area (Å²) >= 11 is 3.12. The quantitative estimate of drug-likeness (QED) is 0.459. The molecule has 0 saturated carbocycles. The summed E-state index contributed by atoms with van der Waals surface area (Å²) in [7, 11) is 0. The first kappa shape index (κ1) is 16.2. The molecule has 5 aromatic rings. The fourth-order valence-corrected chi connectivity index (χ4v) is 4.96. The molecular formula is C20H14N4OS2. The second kappa shape index (κ2) is 6.29. The number of nitrogens with one attached hydrogen (secondary N) is 1. The van der Waals surface area contributed by atoms with Gasteiger partial charge in [0.1, 0.15) is 21.3 Å². The minimum atomic E-state index is -0.170. The number of aromatic nitrogens is 3. The topological polar surface area (TPSA) is 59.3 Å². The van der Waals surface area contributed by atoms with Crippen molar-refractivity contribution in [2.45, 2.75) is 6.92 Å². The Hall–Kier alpha value is -3.03. The predicted octanol–water partition coefficient (Wildman–Crippen LogP) is 5.23. The van der Waals surface area contributed by atoms with Gasteiger partial charge in [0.25, 0.3) is 5.91 Å². The molecule has 0 saturated heterocycles. The second-order valence-corrected chi connectivity index (χ2v) is 8.03. The van der Waals surface area contributed by atoms with E-state index in [2.05, 4.69) is 16.4 Å². The monoisotopic (exact) mass is 390 g/mol. The second-order valence-electron chi connectivity index (χ2n) is 6.08. The van der Waals surface area contributed by atoms with E-state index in [4.69, 9.17) is 4.98 Å². The Morgan fingerprint density at radius 1 is 1.07 bits per heavy atom. The predicted molar refractivity (Wildman–Crippen MR) is 111 cm³/mol. The number of carbonyl (C=O) groups excluding carboxylic acids is 1. The maximum Gasteiger partial charge on any atom is 0.275 e. The van der Waals surface area contributed by atoms with Gasteiger partial charge in [-0.05, 0) is 42.6 Å². The fraction of sp³-hybridized carbons (Fsp3) is 0.0500. The van der Waals surface area contributed by atoms with Gasteiger partial charge in [0.15, 0.2) is 0 Å². The number of thiophene rings is 1. The van der Waals surface area contributed by atoms with Crippen LogP contribution in [0, 0.1) is 6.92 Å². The lowest BCUT2D eigenvalue weighted by Gasteiger charge is -2.06. The standard InChI is InChI=1S/C20H14N4OS2/c1-12-17(24-10-5-4-8-16(24)21-12)18(25)23-19-13(9-11-26-19)20-22-14-6-2-3-7-15(14)27-20/h2-11H,1H3,(H,23,25). The van der Waals surface area contributed by atoms with Crippen molar-refractivity contribution in [3.63, 3.8) is 0 Å². The van der Waals surface area contributed by atoms with Gasteiger partial charge in [-0.25, -0.2) is 9.97 Å². The first-order valence-corrected chi connectivity index (χ1v) is 10.1. The third-order valence-electron chi connectivity index (χ3n) is 4.34. The Balaban J connectivity index is 1.52. The van der Waals surface area contributed by atoms with E-state index in [9.17, 15) is 4.79 Å². The van der Waals surface area contributed by atoms with E-state index in [0.29, 0.717) is 11.4 Å². The normalized spacial score (nSPS) is 11.3. The smallest absolute Gasteiger partial charge is 0.275 e. The van der Waals surface area contributed by atoms with Crippen LogP contribution in [0.15, 0.2) is 60.1 Å². The van der Waals surface area contributed by atoms with Crippen molar-refractivity contribution in [1.29, 1.82) is 0 Å². The highest BCUT2D eigenvalue weighted by Crippen LogP contribution is 2.38. The fourth-order valence-electron chi connectivity index (χ4n) is 3.11. The van der Waals surface area contributed by atoms with Crippen LogP contribution in [0.25, 0.3) is 26.4 Å². The van der Waals surface area contributed by atoms with Crippen molar-refractivity contribution in [3.8, 4) is 10.6 Å². The summed E-state index contributed by atoms with van der Waals surface area (Å²) in [6.45, 7) is 1.85. The summed E-state index contributed by atoms with van der Waals surface area (Å²) in [5.74, 6) is -0.170. The molecule has 0 fully saturated rings. The molecule has 0 aliphatic rings. The van der Waals surface area contributed by atoms with Crippen molar-refractivity contribution < 1.29 is 4.79 Å². The lowest BCUT2D eigenvalue weighted by molar-refractivity contribution is 0.102. The Morgan fingerprint density at radius 3 is 2.81 bits per heavy atom. The maximum atomic E-state index is 13.0. The molecule has 0 atom stereocenters. The Kier molecular flexibility index (Phi) is 3.77. The van der Waals surface area contributed by atoms with E-state index in [1.165, 1.54) is 11.3 Å². The van der Waals surface area contributed by atoms with E-state index in [1.807, 2.05) is 65.4 Å². The van der Waals surface area contributed by atoms with Gasteiger partial charge in [-0.1, -0.05) is 18.2 Å². The van der Waals surface area contributed by atoms with E-state index in [-0.39, 0.29) is 5.91 Å². The molecule has 4 heterocycles. The van der Waals surface area contributed by atoms with Crippen molar-refractivity contribution in [3.05, 3.63) is 71.5 Å². The summed E-state index contributed by atoms with van der Waals surface area (Å²) in [6.07, 6.45) is 1.85. The van der Waals surface area contributed by atoms with Crippen LogP contribution in [0.3, 0.4) is 0 Å². The van der Waals surface area contributed by atoms with E-state index in [1.54, 1.807) is 11.3 Å². The maximum absolute atomic E-state index is 13.0. The molecule has 5 rings (SSSR count). The molecule has 0 unspecified atom stereocenters. The van der Waals surface area contributed by atoms with Crippen molar-refractivity contribution >= 4 is 49.4 Å². The Labute approximate surface area is 163 Å². The minimum Gasteiger partial charge on any atom is -0.312 e. The number of pyridine rings is 1. The molecule has 27 heavy (non-hydrogen) atoms. The van der Waals surface area contributed by atoms with E-state index in [0.717, 1.165) is 31.4 Å². The number of carbonyl (C=O) groups is 1. The van der Waals surface area contributed by atoms with E-state index < -0.39 is 0 Å². The van der Waals surface area contributed by atoms with Gasteiger partial charge in [0.2, 0.25) is 0 Å². The molecule has 0 bridgehead atoms. The van der Waals surface area contributed by atoms with Crippen LogP contribution in [-0.4, -0.2) is 20.3 Å². The number of aryl methyl sites for hydroxylation is 1. The highest BCUT2D eigenvalue weighted by atomic mass is 32.1. The van der Waals surface area contributed by atoms with Gasteiger partial charge in [-0.3, -0.25) is 9.20 Å². The molecule has 0 aliphatic heterocycles. The number of amides is 1. The first-order valence-electron chi connectivity index (χ1n) is 8.39. The number of nitrogens with zero attached hydrogens (tertiary/aromatic N) is 3. The van der Waals surface area contributed by atoms with Gasteiger partial charge in [-0.15, -0.1) is 22.7 Å². The van der Waals surface area contributed by atoms with Crippen LogP contribution in [0.2, 0.25) is 0 Å². The number of benzene rings is 1. The zero-order valence-corrected chi connectivity index (χ0v) is 16.0. The van der Waals surface area contributed by atoms with Gasteiger partial charge in [-0.2, -0.15) is 0 Å². The molecule has 0 aliphatic carbocycles. The van der Waals surface area contributed by atoms with Crippen LogP contribution in [-0.2, 0) is 0 Å². The average Bonchev–Trinajstić information content (AvgIpc) is 3.36. The van der Waals surface area contributed by atoms with E-state index >= 15 is 0 Å². The zero-order valence-electron chi connectivity index (χ0n) is 14.3. The van der Waals surface area contributed by atoms with Crippen molar-refractivity contribution in [2.24, 2.45) is 0 Å². The molecule has 4 aromatic heterocycles. The molecule has 7 heteroatoms. The largest absolute Gasteiger partial charge is 0.312 e. The summed E-state index contributed by atoms with van der Waals surface area (Å²) in [6, 6.07) is 15.7. The van der Waals surface area contributed by atoms with Crippen LogP contribution >= 0.6 is 22.7 Å². The van der Waals surface area contributed by atoms with Crippen molar-refractivity contribution in [2.75, 3.05) is 5.32 Å². The number of thiazole rings is 1. The van der Waals surface area contributed by atoms with Crippen LogP contribution < -0.4 is 5.32 Å². The number of hydrogen-bond acceptors (Lipinski definition) is 5. The number of rotatable bonds is 3. The molecule has 0 spiro atoms. The van der Waals surface area contributed by atoms with Crippen LogP contribution in [0.5, 0.6) is 0 Å². The number of imidazole rings is 1. The summed E-state index contributed by atoms with van der Waals surface area (Å²) in [5, 5.41) is 6.73. The van der Waals surface area contributed by atoms with Crippen LogP contribution in [0.1, 0.15) is 16.2 Å². The molecular weight excluding hydrogens is 376 g/mol. The third kappa shape index (κ3) is 2.72. The summed E-state index contributed by atoms with van der Waals surface area (Å²) < 4.78 is 2.95. The van der Waals surface area contributed by atoms with Crippen molar-refractivity contribution in [1.82, 2.24) is 14.4 Å². The molecule has 5 nitrogen and oxygen atoms in total. The van der Waals surface area contributed by atoms with Gasteiger partial charge >= 0.3 is 0 Å².